The largest absolute Gasteiger partial charge is 0.508 e. The highest BCUT2D eigenvalue weighted by Gasteiger charge is 2.13. The van der Waals surface area contributed by atoms with E-state index in [2.05, 4.69) is 5.32 Å². The van der Waals surface area contributed by atoms with Gasteiger partial charge in [-0.2, -0.15) is 0 Å². The monoisotopic (exact) mass is 309 g/mol. The molecule has 0 fully saturated rings. The van der Waals surface area contributed by atoms with Crippen molar-refractivity contribution in [2.24, 2.45) is 0 Å². The zero-order valence-electron chi connectivity index (χ0n) is 11.2. The zero-order valence-corrected chi connectivity index (χ0v) is 12.7. The second-order valence-electron chi connectivity index (χ2n) is 4.76. The van der Waals surface area contributed by atoms with Crippen LogP contribution in [0.5, 0.6) is 5.75 Å². The summed E-state index contributed by atoms with van der Waals surface area (Å²) in [5, 5.41) is 14.0. The maximum atomic E-state index is 9.31. The summed E-state index contributed by atoms with van der Waals surface area (Å²) in [5.41, 5.74) is 2.12. The average molecular weight is 310 g/mol. The Kier molecular flexibility index (Phi) is 5.30. The molecule has 2 rings (SSSR count). The van der Waals surface area contributed by atoms with Crippen molar-refractivity contribution in [3.8, 4) is 5.75 Å². The van der Waals surface area contributed by atoms with E-state index in [9.17, 15) is 5.11 Å². The Balaban J connectivity index is 2.11. The Morgan fingerprint density at radius 2 is 1.60 bits per heavy atom. The van der Waals surface area contributed by atoms with Gasteiger partial charge in [-0.25, -0.2) is 0 Å². The van der Waals surface area contributed by atoms with Crippen LogP contribution in [0.15, 0.2) is 42.5 Å². The van der Waals surface area contributed by atoms with Crippen LogP contribution in [0.3, 0.4) is 0 Å². The molecule has 1 unspecified atom stereocenters. The number of phenolic OH excluding ortho intramolecular Hbond substituents is 1. The van der Waals surface area contributed by atoms with Gasteiger partial charge in [0.15, 0.2) is 0 Å². The molecule has 2 N–H and O–H groups in total. The number of benzene rings is 2. The van der Waals surface area contributed by atoms with Crippen molar-refractivity contribution in [3.05, 3.63) is 63.6 Å². The van der Waals surface area contributed by atoms with Crippen molar-refractivity contribution in [2.75, 3.05) is 7.05 Å². The third-order valence-corrected chi connectivity index (χ3v) is 4.05. The quantitative estimate of drug-likeness (QED) is 0.872. The first-order valence-corrected chi connectivity index (χ1v) is 7.24. The van der Waals surface area contributed by atoms with E-state index in [0.29, 0.717) is 10.0 Å². The first kappa shape index (κ1) is 15.2. The van der Waals surface area contributed by atoms with E-state index in [4.69, 9.17) is 23.2 Å². The molecule has 106 valence electrons. The normalized spacial score (nSPS) is 12.3. The van der Waals surface area contributed by atoms with Crippen LogP contribution in [0.25, 0.3) is 0 Å². The van der Waals surface area contributed by atoms with Gasteiger partial charge < -0.3 is 10.4 Å². The fraction of sp³-hybridized carbons (Fsp3) is 0.250. The van der Waals surface area contributed by atoms with Gasteiger partial charge in [0.25, 0.3) is 0 Å². The second kappa shape index (κ2) is 6.98. The highest BCUT2D eigenvalue weighted by atomic mass is 35.5. The van der Waals surface area contributed by atoms with E-state index < -0.39 is 0 Å². The van der Waals surface area contributed by atoms with Crippen molar-refractivity contribution >= 4 is 23.2 Å². The SMILES string of the molecule is CNC(Cc1ccc(O)cc1)Cc1c(Cl)cccc1Cl. The van der Waals surface area contributed by atoms with Gasteiger partial charge >= 0.3 is 0 Å². The molecule has 0 saturated heterocycles. The molecule has 0 radical (unpaired) electrons. The number of nitrogens with one attached hydrogen (secondary N) is 1. The molecule has 0 aliphatic heterocycles. The Morgan fingerprint density at radius 1 is 1.00 bits per heavy atom. The summed E-state index contributed by atoms with van der Waals surface area (Å²) in [5.74, 6) is 0.281. The van der Waals surface area contributed by atoms with Gasteiger partial charge in [-0.1, -0.05) is 41.4 Å². The summed E-state index contributed by atoms with van der Waals surface area (Å²) in [6, 6.07) is 13.0. The van der Waals surface area contributed by atoms with Crippen LogP contribution in [0.4, 0.5) is 0 Å². The Bertz CT molecular complexity index is 549. The topological polar surface area (TPSA) is 32.3 Å². The molecular weight excluding hydrogens is 293 g/mol. The predicted molar refractivity (Wildman–Crippen MR) is 84.8 cm³/mol. The van der Waals surface area contributed by atoms with Gasteiger partial charge in [0.05, 0.1) is 0 Å². The number of rotatable bonds is 5. The minimum atomic E-state index is 0.233. The fourth-order valence-corrected chi connectivity index (χ4v) is 2.72. The molecule has 0 aromatic heterocycles. The summed E-state index contributed by atoms with van der Waals surface area (Å²) in [6.45, 7) is 0. The summed E-state index contributed by atoms with van der Waals surface area (Å²) in [4.78, 5) is 0. The molecule has 0 heterocycles. The van der Waals surface area contributed by atoms with Crippen LogP contribution in [0.1, 0.15) is 11.1 Å². The summed E-state index contributed by atoms with van der Waals surface area (Å²) in [6.07, 6.45) is 1.61. The highest BCUT2D eigenvalue weighted by molar-refractivity contribution is 6.36. The predicted octanol–water partition coefficient (Wildman–Crippen LogP) is 4.07. The fourth-order valence-electron chi connectivity index (χ4n) is 2.17. The minimum Gasteiger partial charge on any atom is -0.508 e. The first-order chi connectivity index (χ1) is 9.60. The molecule has 2 aromatic carbocycles. The highest BCUT2D eigenvalue weighted by Crippen LogP contribution is 2.26. The van der Waals surface area contributed by atoms with Crippen LogP contribution in [-0.4, -0.2) is 18.2 Å². The number of hydrogen-bond acceptors (Lipinski definition) is 2. The Labute approximate surface area is 129 Å². The van der Waals surface area contributed by atoms with Crippen molar-refractivity contribution in [3.63, 3.8) is 0 Å². The van der Waals surface area contributed by atoms with E-state index in [1.54, 1.807) is 12.1 Å². The lowest BCUT2D eigenvalue weighted by molar-refractivity contribution is 0.474. The first-order valence-electron chi connectivity index (χ1n) is 6.48. The summed E-state index contributed by atoms with van der Waals surface area (Å²) < 4.78 is 0. The van der Waals surface area contributed by atoms with Crippen molar-refractivity contribution in [1.29, 1.82) is 0 Å². The number of aromatic hydroxyl groups is 1. The lowest BCUT2D eigenvalue weighted by Gasteiger charge is -2.18. The summed E-state index contributed by atoms with van der Waals surface area (Å²) in [7, 11) is 1.93. The van der Waals surface area contributed by atoms with Gasteiger partial charge in [-0.05, 0) is 55.3 Å². The van der Waals surface area contributed by atoms with E-state index in [0.717, 1.165) is 24.0 Å². The standard InChI is InChI=1S/C16H17Cl2NO/c1-19-12(9-11-5-7-13(20)8-6-11)10-14-15(17)3-2-4-16(14)18/h2-8,12,19-20H,9-10H2,1H3. The van der Waals surface area contributed by atoms with Crippen molar-refractivity contribution < 1.29 is 5.11 Å². The second-order valence-corrected chi connectivity index (χ2v) is 5.57. The van der Waals surface area contributed by atoms with Gasteiger partial charge in [-0.15, -0.1) is 0 Å². The number of halogens is 2. The molecule has 0 bridgehead atoms. The van der Waals surface area contributed by atoms with E-state index in [-0.39, 0.29) is 11.8 Å². The lowest BCUT2D eigenvalue weighted by atomic mass is 9.99. The maximum absolute atomic E-state index is 9.31. The molecule has 0 spiro atoms. The smallest absolute Gasteiger partial charge is 0.115 e. The summed E-state index contributed by atoms with van der Waals surface area (Å²) >= 11 is 12.4. The van der Waals surface area contributed by atoms with Crippen LogP contribution >= 0.6 is 23.2 Å². The molecule has 0 saturated carbocycles. The van der Waals surface area contributed by atoms with Gasteiger partial charge in [0.2, 0.25) is 0 Å². The number of likely N-dealkylation sites (N-methyl/N-ethyl adjacent to an activating group) is 1. The molecule has 0 aliphatic rings. The van der Waals surface area contributed by atoms with Crippen LogP contribution in [0, 0.1) is 0 Å². The number of phenols is 1. The molecule has 2 aromatic rings. The average Bonchev–Trinajstić information content (AvgIpc) is 2.44. The third kappa shape index (κ3) is 3.89. The number of hydrogen-bond donors (Lipinski definition) is 2. The van der Waals surface area contributed by atoms with Gasteiger partial charge in [0.1, 0.15) is 5.75 Å². The van der Waals surface area contributed by atoms with Crippen LogP contribution in [0.2, 0.25) is 10.0 Å². The Hall–Kier alpha value is -1.22. The van der Waals surface area contributed by atoms with Gasteiger partial charge in [-0.3, -0.25) is 0 Å². The molecule has 0 amide bonds. The Morgan fingerprint density at radius 3 is 2.15 bits per heavy atom. The maximum Gasteiger partial charge on any atom is 0.115 e. The lowest BCUT2D eigenvalue weighted by Crippen LogP contribution is -2.30. The van der Waals surface area contributed by atoms with Crippen LogP contribution in [-0.2, 0) is 12.8 Å². The molecule has 2 nitrogen and oxygen atoms in total. The van der Waals surface area contributed by atoms with Gasteiger partial charge in [0, 0.05) is 16.1 Å². The zero-order chi connectivity index (χ0) is 14.5. The van der Waals surface area contributed by atoms with E-state index >= 15 is 0 Å². The van der Waals surface area contributed by atoms with E-state index in [1.165, 1.54) is 0 Å². The third-order valence-electron chi connectivity index (χ3n) is 3.34. The molecule has 1 atom stereocenters. The van der Waals surface area contributed by atoms with Crippen LogP contribution < -0.4 is 5.32 Å². The van der Waals surface area contributed by atoms with E-state index in [1.807, 2.05) is 37.4 Å². The molecule has 4 heteroatoms. The molecular formula is C16H17Cl2NO. The molecule has 0 aliphatic carbocycles. The molecule has 20 heavy (non-hydrogen) atoms. The minimum absolute atomic E-state index is 0.233. The van der Waals surface area contributed by atoms with Crippen molar-refractivity contribution in [1.82, 2.24) is 5.32 Å². The van der Waals surface area contributed by atoms with Crippen molar-refractivity contribution in [2.45, 2.75) is 18.9 Å².